The van der Waals surface area contributed by atoms with Gasteiger partial charge in [-0.1, -0.05) is 0 Å². The monoisotopic (exact) mass is 306 g/mol. The summed E-state index contributed by atoms with van der Waals surface area (Å²) in [5.41, 5.74) is -0.837. The summed E-state index contributed by atoms with van der Waals surface area (Å²) in [5.74, 6) is -1.68. The highest BCUT2D eigenvalue weighted by atomic mass is 16.5. The molecule has 7 nitrogen and oxygen atoms in total. The fourth-order valence-corrected chi connectivity index (χ4v) is 2.07. The van der Waals surface area contributed by atoms with Gasteiger partial charge < -0.3 is 24.5 Å². The van der Waals surface area contributed by atoms with Gasteiger partial charge in [0.25, 0.3) is 0 Å². The van der Waals surface area contributed by atoms with E-state index in [1.807, 2.05) is 0 Å². The van der Waals surface area contributed by atoms with Crippen molar-refractivity contribution in [1.82, 2.24) is 0 Å². The number of ether oxygens (including phenoxy) is 1. The van der Waals surface area contributed by atoms with E-state index in [9.17, 15) is 19.8 Å². The number of aliphatic carboxylic acids is 1. The average Bonchev–Trinajstić information content (AvgIpc) is 2.40. The molecule has 0 radical (unpaired) electrons. The van der Waals surface area contributed by atoms with Gasteiger partial charge >= 0.3 is 11.6 Å². The molecule has 0 saturated carbocycles. The van der Waals surface area contributed by atoms with Crippen molar-refractivity contribution in [2.24, 2.45) is 0 Å². The molecule has 3 N–H and O–H groups in total. The maximum atomic E-state index is 11.8. The quantitative estimate of drug-likeness (QED) is 0.785. The van der Waals surface area contributed by atoms with Crippen LogP contribution in [0.15, 0.2) is 27.4 Å². The van der Waals surface area contributed by atoms with E-state index < -0.39 is 23.4 Å². The first-order chi connectivity index (χ1) is 10.3. The highest BCUT2D eigenvalue weighted by molar-refractivity contribution is 5.93. The number of hydrogen-bond donors (Lipinski definition) is 3. The Kier molecular flexibility index (Phi) is 4.18. The summed E-state index contributed by atoms with van der Waals surface area (Å²) in [6.07, 6.45) is 1.06. The van der Waals surface area contributed by atoms with Crippen LogP contribution in [-0.2, 0) is 9.53 Å². The van der Waals surface area contributed by atoms with Crippen LogP contribution in [0.4, 0.5) is 0 Å². The molecule has 0 bridgehead atoms. The fourth-order valence-electron chi connectivity index (χ4n) is 2.07. The van der Waals surface area contributed by atoms with E-state index in [0.29, 0.717) is 11.1 Å². The molecule has 1 unspecified atom stereocenters. The summed E-state index contributed by atoms with van der Waals surface area (Å²) >= 11 is 0. The van der Waals surface area contributed by atoms with E-state index in [4.69, 9.17) is 14.3 Å². The van der Waals surface area contributed by atoms with Gasteiger partial charge in [0.15, 0.2) is 6.10 Å². The molecular formula is C15H14O7. The second kappa shape index (κ2) is 5.90. The molecule has 0 saturated heterocycles. The van der Waals surface area contributed by atoms with Crippen LogP contribution in [-0.4, -0.2) is 34.5 Å². The van der Waals surface area contributed by atoms with Gasteiger partial charge in [-0.2, -0.15) is 0 Å². The highest BCUT2D eigenvalue weighted by Gasteiger charge is 2.17. The third-order valence-corrected chi connectivity index (χ3v) is 3.10. The molecule has 7 heteroatoms. The average molecular weight is 306 g/mol. The minimum absolute atomic E-state index is 0.0904. The second-order valence-electron chi connectivity index (χ2n) is 4.62. The molecule has 0 aliphatic carbocycles. The van der Waals surface area contributed by atoms with Crippen LogP contribution >= 0.6 is 0 Å². The van der Waals surface area contributed by atoms with Gasteiger partial charge in [0.2, 0.25) is 0 Å². The Labute approximate surface area is 124 Å². The highest BCUT2D eigenvalue weighted by Crippen LogP contribution is 2.35. The SMILES string of the molecule is COC(C=Cc1c(O)cc2cc(C)oc(=O)c2c1O)C(=O)O. The van der Waals surface area contributed by atoms with Gasteiger partial charge in [-0.15, -0.1) is 0 Å². The number of phenols is 2. The number of methoxy groups -OCH3 is 1. The topological polar surface area (TPSA) is 117 Å². The molecule has 2 rings (SSSR count). The maximum Gasteiger partial charge on any atom is 0.347 e. The largest absolute Gasteiger partial charge is 0.507 e. The van der Waals surface area contributed by atoms with Gasteiger partial charge in [0, 0.05) is 7.11 Å². The molecule has 0 fully saturated rings. The number of carbonyl (C=O) groups is 1. The molecule has 1 atom stereocenters. The number of rotatable bonds is 4. The predicted octanol–water partition coefficient (Wildman–Crippen LogP) is 1.63. The molecule has 1 heterocycles. The Hall–Kier alpha value is -2.80. The molecule has 0 aliphatic heterocycles. The Morgan fingerprint density at radius 2 is 2.05 bits per heavy atom. The van der Waals surface area contributed by atoms with Crippen LogP contribution in [0.1, 0.15) is 11.3 Å². The van der Waals surface area contributed by atoms with E-state index in [-0.39, 0.29) is 16.7 Å². The first kappa shape index (κ1) is 15.6. The van der Waals surface area contributed by atoms with E-state index in [2.05, 4.69) is 0 Å². The summed E-state index contributed by atoms with van der Waals surface area (Å²) in [5, 5.41) is 29.2. The summed E-state index contributed by atoms with van der Waals surface area (Å²) in [4.78, 5) is 22.7. The van der Waals surface area contributed by atoms with Crippen LogP contribution in [0.5, 0.6) is 11.5 Å². The van der Waals surface area contributed by atoms with Crippen LogP contribution in [0.25, 0.3) is 16.8 Å². The number of hydrogen-bond acceptors (Lipinski definition) is 6. The molecule has 0 spiro atoms. The zero-order chi connectivity index (χ0) is 16.4. The van der Waals surface area contributed by atoms with Crippen LogP contribution in [0.3, 0.4) is 0 Å². The normalized spacial score (nSPS) is 12.8. The first-order valence-electron chi connectivity index (χ1n) is 6.28. The minimum Gasteiger partial charge on any atom is -0.507 e. The number of carboxylic acids is 1. The standard InChI is InChI=1S/C15H14O7/c1-7-5-8-6-10(16)9(3-4-11(21-2)14(18)19)13(17)12(8)15(20)22-7/h3-6,11,16-17H,1-2H3,(H,18,19). The lowest BCUT2D eigenvalue weighted by Gasteiger charge is -2.08. The van der Waals surface area contributed by atoms with Crippen LogP contribution in [0.2, 0.25) is 0 Å². The van der Waals surface area contributed by atoms with Crippen molar-refractivity contribution in [3.05, 3.63) is 40.0 Å². The molecule has 1 aromatic heterocycles. The predicted molar refractivity (Wildman–Crippen MR) is 78.0 cm³/mol. The lowest BCUT2D eigenvalue weighted by atomic mass is 10.0. The number of phenolic OH excluding ortho intramolecular Hbond substituents is 2. The third kappa shape index (κ3) is 2.79. The Morgan fingerprint density at radius 3 is 2.64 bits per heavy atom. The van der Waals surface area contributed by atoms with Crippen molar-refractivity contribution in [3.63, 3.8) is 0 Å². The van der Waals surface area contributed by atoms with Crippen molar-refractivity contribution in [2.75, 3.05) is 7.11 Å². The van der Waals surface area contributed by atoms with E-state index >= 15 is 0 Å². The van der Waals surface area contributed by atoms with Gasteiger partial charge in [0.05, 0.1) is 5.56 Å². The van der Waals surface area contributed by atoms with Crippen molar-refractivity contribution < 1.29 is 29.3 Å². The molecule has 0 aliphatic rings. The zero-order valence-electron chi connectivity index (χ0n) is 11.9. The van der Waals surface area contributed by atoms with Crippen LogP contribution in [0, 0.1) is 6.92 Å². The van der Waals surface area contributed by atoms with Gasteiger partial charge in [-0.25, -0.2) is 9.59 Å². The minimum atomic E-state index is -1.25. The maximum absolute atomic E-state index is 11.8. The fraction of sp³-hybridized carbons (Fsp3) is 0.200. The number of aromatic hydroxyl groups is 2. The van der Waals surface area contributed by atoms with Crippen molar-refractivity contribution in [2.45, 2.75) is 13.0 Å². The number of carboxylic acid groups (broad SMARTS) is 1. The number of benzene rings is 1. The number of aryl methyl sites for hydroxylation is 1. The summed E-state index contributed by atoms with van der Waals surface area (Å²) in [7, 11) is 1.21. The Balaban J connectivity index is 2.63. The molecule has 1 aromatic carbocycles. The third-order valence-electron chi connectivity index (χ3n) is 3.10. The second-order valence-corrected chi connectivity index (χ2v) is 4.62. The summed E-state index contributed by atoms with van der Waals surface area (Å²) < 4.78 is 9.62. The lowest BCUT2D eigenvalue weighted by Crippen LogP contribution is -2.19. The van der Waals surface area contributed by atoms with Crippen LogP contribution < -0.4 is 5.63 Å². The molecular weight excluding hydrogens is 292 g/mol. The summed E-state index contributed by atoms with van der Waals surface area (Å²) in [6.45, 7) is 1.57. The van der Waals surface area contributed by atoms with E-state index in [1.54, 1.807) is 6.92 Å². The van der Waals surface area contributed by atoms with Gasteiger partial charge in [0.1, 0.15) is 22.6 Å². The van der Waals surface area contributed by atoms with Gasteiger partial charge in [-0.05, 0) is 36.6 Å². The van der Waals surface area contributed by atoms with Gasteiger partial charge in [-0.3, -0.25) is 0 Å². The molecule has 116 valence electrons. The van der Waals surface area contributed by atoms with Crippen molar-refractivity contribution in [1.29, 1.82) is 0 Å². The molecule has 0 amide bonds. The van der Waals surface area contributed by atoms with Crippen molar-refractivity contribution >= 4 is 22.8 Å². The number of fused-ring (bicyclic) bond motifs is 1. The van der Waals surface area contributed by atoms with Crippen molar-refractivity contribution in [3.8, 4) is 11.5 Å². The zero-order valence-corrected chi connectivity index (χ0v) is 11.9. The Bertz CT molecular complexity index is 817. The summed E-state index contributed by atoms with van der Waals surface area (Å²) in [6, 6.07) is 2.79. The Morgan fingerprint density at radius 1 is 1.36 bits per heavy atom. The smallest absolute Gasteiger partial charge is 0.347 e. The first-order valence-corrected chi connectivity index (χ1v) is 6.28. The lowest BCUT2D eigenvalue weighted by molar-refractivity contribution is -0.145. The van der Waals surface area contributed by atoms with E-state index in [1.165, 1.54) is 25.3 Å². The molecule has 22 heavy (non-hydrogen) atoms. The molecule has 2 aromatic rings. The van der Waals surface area contributed by atoms with E-state index in [0.717, 1.165) is 6.08 Å².